The fourth-order valence-corrected chi connectivity index (χ4v) is 3.78. The zero-order valence-electron chi connectivity index (χ0n) is 13.1. The van der Waals surface area contributed by atoms with Crippen LogP contribution in [-0.2, 0) is 0 Å². The van der Waals surface area contributed by atoms with E-state index in [1.807, 2.05) is 25.1 Å². The van der Waals surface area contributed by atoms with Crippen LogP contribution in [0.4, 0.5) is 4.39 Å². The van der Waals surface area contributed by atoms with Gasteiger partial charge in [-0.15, -0.1) is 11.3 Å². The minimum absolute atomic E-state index is 0.0537. The molecule has 0 spiro atoms. The third-order valence-electron chi connectivity index (χ3n) is 3.94. The van der Waals surface area contributed by atoms with E-state index in [0.29, 0.717) is 21.1 Å². The normalized spacial score (nSPS) is 11.1. The molecule has 0 atom stereocenters. The van der Waals surface area contributed by atoms with Crippen LogP contribution < -0.4 is 0 Å². The van der Waals surface area contributed by atoms with E-state index in [9.17, 15) is 14.3 Å². The topological polar surface area (TPSA) is 78.9 Å². The van der Waals surface area contributed by atoms with Gasteiger partial charge in [0.15, 0.2) is 5.69 Å². The van der Waals surface area contributed by atoms with Crippen molar-refractivity contribution >= 4 is 28.2 Å². The van der Waals surface area contributed by atoms with E-state index in [-0.39, 0.29) is 11.5 Å². The number of aryl methyl sites for hydroxylation is 1. The molecule has 124 valence electrons. The van der Waals surface area contributed by atoms with Crippen molar-refractivity contribution < 1.29 is 14.3 Å². The van der Waals surface area contributed by atoms with Gasteiger partial charge in [0.2, 0.25) is 0 Å². The highest BCUT2D eigenvalue weighted by Crippen LogP contribution is 2.37. The molecule has 4 rings (SSSR count). The van der Waals surface area contributed by atoms with E-state index in [4.69, 9.17) is 0 Å². The molecule has 0 aliphatic carbocycles. The summed E-state index contributed by atoms with van der Waals surface area (Å²) in [6.07, 6.45) is 0. The van der Waals surface area contributed by atoms with Crippen LogP contribution in [0, 0.1) is 12.7 Å². The quantitative estimate of drug-likeness (QED) is 0.568. The third kappa shape index (κ3) is 2.58. The van der Waals surface area contributed by atoms with Crippen molar-refractivity contribution in [2.45, 2.75) is 6.92 Å². The van der Waals surface area contributed by atoms with E-state index in [0.717, 1.165) is 16.5 Å². The molecular formula is C18H12FN3O2S. The molecule has 2 aromatic carbocycles. The molecule has 0 radical (unpaired) electrons. The summed E-state index contributed by atoms with van der Waals surface area (Å²) in [5.74, 6) is -1.50. The van der Waals surface area contributed by atoms with E-state index in [2.05, 4.69) is 15.2 Å². The lowest BCUT2D eigenvalue weighted by molar-refractivity contribution is 0.0692. The Kier molecular flexibility index (Phi) is 3.58. The smallest absolute Gasteiger partial charge is 0.356 e. The number of thiazole rings is 1. The average Bonchev–Trinajstić information content (AvgIpc) is 3.20. The Bertz CT molecular complexity index is 1100. The summed E-state index contributed by atoms with van der Waals surface area (Å²) in [7, 11) is 0. The summed E-state index contributed by atoms with van der Waals surface area (Å²) in [5, 5.41) is 18.2. The predicted molar refractivity (Wildman–Crippen MR) is 94.3 cm³/mol. The van der Waals surface area contributed by atoms with Crippen molar-refractivity contribution in [3.05, 3.63) is 59.5 Å². The van der Waals surface area contributed by atoms with Crippen LogP contribution >= 0.6 is 11.3 Å². The van der Waals surface area contributed by atoms with Crippen LogP contribution in [0.15, 0.2) is 42.5 Å². The number of aromatic amines is 1. The van der Waals surface area contributed by atoms with Gasteiger partial charge in [-0.05, 0) is 30.2 Å². The molecule has 0 saturated heterocycles. The third-order valence-corrected chi connectivity index (χ3v) is 5.06. The first-order valence-electron chi connectivity index (χ1n) is 7.48. The largest absolute Gasteiger partial charge is 0.476 e. The molecule has 2 aromatic heterocycles. The molecule has 4 aromatic rings. The van der Waals surface area contributed by atoms with Crippen LogP contribution in [0.1, 0.15) is 16.1 Å². The average molecular weight is 353 g/mol. The fourth-order valence-electron chi connectivity index (χ4n) is 2.71. The van der Waals surface area contributed by atoms with Gasteiger partial charge in [0.25, 0.3) is 0 Å². The number of para-hydroxylation sites is 1. The summed E-state index contributed by atoms with van der Waals surface area (Å²) in [6.45, 7) is 1.96. The van der Waals surface area contributed by atoms with Crippen molar-refractivity contribution in [1.29, 1.82) is 0 Å². The molecule has 0 saturated carbocycles. The van der Waals surface area contributed by atoms with Crippen molar-refractivity contribution in [3.63, 3.8) is 0 Å². The first-order chi connectivity index (χ1) is 12.0. The van der Waals surface area contributed by atoms with E-state index in [1.54, 1.807) is 12.1 Å². The molecular weight excluding hydrogens is 341 g/mol. The standard InChI is InChI=1S/C18H12FN3O2S/c1-9-3-2-4-12-13(9)21-22-14(12)17-20-15(18(23)24)16(25-17)10-5-7-11(19)8-6-10/h2-8H,1H3,(H,21,22)(H,23,24). The molecule has 2 N–H and O–H groups in total. The molecule has 0 unspecified atom stereocenters. The van der Waals surface area contributed by atoms with Gasteiger partial charge in [0, 0.05) is 5.39 Å². The second-order valence-electron chi connectivity index (χ2n) is 5.58. The summed E-state index contributed by atoms with van der Waals surface area (Å²) in [4.78, 5) is 16.4. The molecule has 0 fully saturated rings. The van der Waals surface area contributed by atoms with Crippen LogP contribution in [-0.4, -0.2) is 26.3 Å². The lowest BCUT2D eigenvalue weighted by Gasteiger charge is -1.98. The number of aromatic nitrogens is 3. The van der Waals surface area contributed by atoms with Gasteiger partial charge in [-0.3, -0.25) is 5.10 Å². The number of carboxylic acids is 1. The number of nitrogens with zero attached hydrogens (tertiary/aromatic N) is 2. The summed E-state index contributed by atoms with van der Waals surface area (Å²) in [6, 6.07) is 11.5. The number of H-pyrrole nitrogens is 1. The first-order valence-corrected chi connectivity index (χ1v) is 8.30. The monoisotopic (exact) mass is 353 g/mol. The molecule has 0 aliphatic rings. The number of carboxylic acid groups (broad SMARTS) is 1. The lowest BCUT2D eigenvalue weighted by Crippen LogP contribution is -1.98. The Hall–Kier alpha value is -3.06. The first kappa shape index (κ1) is 15.5. The highest BCUT2D eigenvalue weighted by atomic mass is 32.1. The molecule has 0 aliphatic heterocycles. The molecule has 0 bridgehead atoms. The number of benzene rings is 2. The molecule has 7 heteroatoms. The van der Waals surface area contributed by atoms with Crippen molar-refractivity contribution in [2.24, 2.45) is 0 Å². The summed E-state index contributed by atoms with van der Waals surface area (Å²) in [5.41, 5.74) is 3.09. The number of hydrogen-bond donors (Lipinski definition) is 2. The Morgan fingerprint density at radius 3 is 2.68 bits per heavy atom. The van der Waals surface area contributed by atoms with E-state index < -0.39 is 5.97 Å². The molecule has 0 amide bonds. The van der Waals surface area contributed by atoms with Crippen molar-refractivity contribution in [2.75, 3.05) is 0 Å². The molecule has 5 nitrogen and oxygen atoms in total. The Morgan fingerprint density at radius 2 is 1.96 bits per heavy atom. The van der Waals surface area contributed by atoms with Crippen molar-refractivity contribution in [3.8, 4) is 21.1 Å². The number of fused-ring (bicyclic) bond motifs is 1. The van der Waals surface area contributed by atoms with Gasteiger partial charge in [-0.25, -0.2) is 14.2 Å². The van der Waals surface area contributed by atoms with Gasteiger partial charge in [-0.1, -0.05) is 30.3 Å². The maximum absolute atomic E-state index is 13.2. The zero-order chi connectivity index (χ0) is 17.6. The van der Waals surface area contributed by atoms with Gasteiger partial charge >= 0.3 is 5.97 Å². The minimum Gasteiger partial charge on any atom is -0.476 e. The van der Waals surface area contributed by atoms with Gasteiger partial charge < -0.3 is 5.11 Å². The highest BCUT2D eigenvalue weighted by molar-refractivity contribution is 7.18. The Balaban J connectivity index is 1.91. The molecule has 2 heterocycles. The van der Waals surface area contributed by atoms with Crippen molar-refractivity contribution in [1.82, 2.24) is 15.2 Å². The second-order valence-corrected chi connectivity index (χ2v) is 6.58. The summed E-state index contributed by atoms with van der Waals surface area (Å²) < 4.78 is 13.2. The second kappa shape index (κ2) is 5.78. The minimum atomic E-state index is -1.12. The predicted octanol–water partition coefficient (Wildman–Crippen LogP) is 4.50. The van der Waals surface area contributed by atoms with Gasteiger partial charge in [0.05, 0.1) is 10.4 Å². The highest BCUT2D eigenvalue weighted by Gasteiger charge is 2.22. The lowest BCUT2D eigenvalue weighted by atomic mass is 10.1. The number of halogens is 1. The number of rotatable bonds is 3. The van der Waals surface area contributed by atoms with Gasteiger partial charge in [0.1, 0.15) is 16.5 Å². The number of hydrogen-bond acceptors (Lipinski definition) is 4. The Morgan fingerprint density at radius 1 is 1.20 bits per heavy atom. The van der Waals surface area contributed by atoms with Crippen LogP contribution in [0.2, 0.25) is 0 Å². The van der Waals surface area contributed by atoms with Crippen LogP contribution in [0.3, 0.4) is 0 Å². The zero-order valence-corrected chi connectivity index (χ0v) is 13.9. The van der Waals surface area contributed by atoms with Crippen LogP contribution in [0.25, 0.3) is 32.0 Å². The number of nitrogens with one attached hydrogen (secondary N) is 1. The molecule has 25 heavy (non-hydrogen) atoms. The Labute approximate surface area is 145 Å². The maximum atomic E-state index is 13.2. The number of aromatic carboxylic acids is 1. The van der Waals surface area contributed by atoms with E-state index >= 15 is 0 Å². The fraction of sp³-hybridized carbons (Fsp3) is 0.0556. The summed E-state index contributed by atoms with van der Waals surface area (Å²) >= 11 is 1.24. The van der Waals surface area contributed by atoms with E-state index in [1.165, 1.54) is 23.5 Å². The van der Waals surface area contributed by atoms with Gasteiger partial charge in [-0.2, -0.15) is 5.10 Å². The SMILES string of the molecule is Cc1cccc2c(-c3nc(C(=O)O)c(-c4ccc(F)cc4)s3)[nH]nc12. The number of carbonyl (C=O) groups is 1. The van der Waals surface area contributed by atoms with Crippen LogP contribution in [0.5, 0.6) is 0 Å². The maximum Gasteiger partial charge on any atom is 0.356 e.